The van der Waals surface area contributed by atoms with E-state index in [1.165, 1.54) is 11.1 Å². The van der Waals surface area contributed by atoms with Gasteiger partial charge in [0.25, 0.3) is 11.8 Å². The van der Waals surface area contributed by atoms with Crippen LogP contribution in [0.4, 0.5) is 5.69 Å². The summed E-state index contributed by atoms with van der Waals surface area (Å²) in [6, 6.07) is 11.9. The van der Waals surface area contributed by atoms with E-state index in [0.717, 1.165) is 80.4 Å². The zero-order chi connectivity index (χ0) is 27.7. The van der Waals surface area contributed by atoms with Crippen molar-refractivity contribution < 1.29 is 14.3 Å². The summed E-state index contributed by atoms with van der Waals surface area (Å²) in [7, 11) is 1.93. The Hall–Kier alpha value is -4.59. The van der Waals surface area contributed by atoms with Gasteiger partial charge in [0.1, 0.15) is 5.75 Å². The molecule has 1 aliphatic carbocycles. The molecule has 3 aromatic carbocycles. The number of nitrogens with zero attached hydrogens (tertiary/aromatic N) is 3. The first-order valence-electron chi connectivity index (χ1n) is 13.8. The van der Waals surface area contributed by atoms with Gasteiger partial charge in [0, 0.05) is 59.4 Å². The molecule has 3 heterocycles. The average molecular weight is 534 g/mol. The number of hydrogen-bond donors (Lipinski definition) is 2. The highest BCUT2D eigenvalue weighted by Gasteiger charge is 2.35. The fraction of sp³-hybridized carbons (Fsp3) is 0.281. The number of carbonyl (C=O) groups is 2. The molecule has 40 heavy (non-hydrogen) atoms. The fourth-order valence-electron chi connectivity index (χ4n) is 6.65. The summed E-state index contributed by atoms with van der Waals surface area (Å²) in [5.74, 6) is 0.390. The number of rotatable bonds is 5. The van der Waals surface area contributed by atoms with Gasteiger partial charge < -0.3 is 19.9 Å². The Morgan fingerprint density at radius 3 is 2.67 bits per heavy atom. The third-order valence-electron chi connectivity index (χ3n) is 8.35. The van der Waals surface area contributed by atoms with Crippen molar-refractivity contribution in [1.82, 2.24) is 19.7 Å². The lowest BCUT2D eigenvalue weighted by molar-refractivity contribution is -0.118. The van der Waals surface area contributed by atoms with Gasteiger partial charge in [0.05, 0.1) is 16.8 Å². The van der Waals surface area contributed by atoms with Crippen LogP contribution >= 0.6 is 0 Å². The fourth-order valence-corrected chi connectivity index (χ4v) is 6.65. The topological polar surface area (TPSA) is 90.2 Å². The molecule has 8 nitrogen and oxygen atoms in total. The summed E-state index contributed by atoms with van der Waals surface area (Å²) in [5.41, 5.74) is 11.3. The Labute approximate surface area is 231 Å². The molecule has 2 N–H and O–H groups in total. The van der Waals surface area contributed by atoms with E-state index in [1.54, 1.807) is 0 Å². The first-order chi connectivity index (χ1) is 19.4. The normalized spacial score (nSPS) is 13.8. The lowest BCUT2D eigenvalue weighted by Gasteiger charge is -2.21. The van der Waals surface area contributed by atoms with E-state index < -0.39 is 0 Å². The van der Waals surface area contributed by atoms with Crippen molar-refractivity contribution in [3.05, 3.63) is 76.1 Å². The molecule has 5 aromatic rings. The van der Waals surface area contributed by atoms with Crippen molar-refractivity contribution >= 4 is 39.3 Å². The Kier molecular flexibility index (Phi) is 5.49. The quantitative estimate of drug-likeness (QED) is 0.325. The van der Waals surface area contributed by atoms with E-state index in [-0.39, 0.29) is 18.4 Å². The van der Waals surface area contributed by atoms with Crippen LogP contribution < -0.4 is 15.4 Å². The minimum Gasteiger partial charge on any atom is -0.484 e. The molecule has 7 rings (SSSR count). The summed E-state index contributed by atoms with van der Waals surface area (Å²) in [4.78, 5) is 26.0. The molecule has 0 fully saturated rings. The SMILES string of the molecule is CCn1c2ccc(OCC(=O)Nc3c(C)cccc3C)cc2c2c3c(c4c(c21)CCc1nn(C)cc1-4)C(=O)NC3. The number of amides is 2. The van der Waals surface area contributed by atoms with E-state index in [2.05, 4.69) is 33.3 Å². The number of aromatic nitrogens is 3. The van der Waals surface area contributed by atoms with E-state index in [1.807, 2.05) is 62.1 Å². The lowest BCUT2D eigenvalue weighted by Crippen LogP contribution is -2.21. The minimum atomic E-state index is -0.203. The summed E-state index contributed by atoms with van der Waals surface area (Å²) >= 11 is 0. The Bertz CT molecular complexity index is 1870. The van der Waals surface area contributed by atoms with Crippen LogP contribution in [0.5, 0.6) is 5.75 Å². The molecule has 0 saturated carbocycles. The van der Waals surface area contributed by atoms with Crippen molar-refractivity contribution in [3.8, 4) is 16.9 Å². The Balaban J connectivity index is 1.33. The molecular formula is C32H31N5O3. The number of anilines is 1. The number of para-hydroxylation sites is 1. The van der Waals surface area contributed by atoms with Crippen LogP contribution in [0, 0.1) is 13.8 Å². The van der Waals surface area contributed by atoms with Crippen LogP contribution in [0.15, 0.2) is 42.6 Å². The first kappa shape index (κ1) is 24.5. The van der Waals surface area contributed by atoms with E-state index in [0.29, 0.717) is 12.3 Å². The zero-order valence-corrected chi connectivity index (χ0v) is 23.1. The van der Waals surface area contributed by atoms with Crippen LogP contribution in [-0.4, -0.2) is 32.8 Å². The van der Waals surface area contributed by atoms with E-state index >= 15 is 0 Å². The number of carbonyl (C=O) groups excluding carboxylic acids is 2. The van der Waals surface area contributed by atoms with E-state index in [4.69, 9.17) is 4.74 Å². The van der Waals surface area contributed by atoms with Gasteiger partial charge in [-0.3, -0.25) is 14.3 Å². The molecule has 1 aliphatic heterocycles. The third kappa shape index (κ3) is 3.55. The van der Waals surface area contributed by atoms with Crippen LogP contribution in [-0.2, 0) is 37.8 Å². The molecule has 2 aliphatic rings. The largest absolute Gasteiger partial charge is 0.484 e. The number of hydrogen-bond acceptors (Lipinski definition) is 4. The predicted molar refractivity (Wildman–Crippen MR) is 156 cm³/mol. The van der Waals surface area contributed by atoms with Gasteiger partial charge in [-0.25, -0.2) is 0 Å². The summed E-state index contributed by atoms with van der Waals surface area (Å²) in [6.07, 6.45) is 3.71. The maximum Gasteiger partial charge on any atom is 0.262 e. The van der Waals surface area contributed by atoms with Crippen molar-refractivity contribution in [2.24, 2.45) is 7.05 Å². The number of fused-ring (bicyclic) bond motifs is 10. The van der Waals surface area contributed by atoms with Gasteiger partial charge in [0.15, 0.2) is 6.61 Å². The molecule has 2 aromatic heterocycles. The smallest absolute Gasteiger partial charge is 0.262 e. The highest BCUT2D eigenvalue weighted by molar-refractivity contribution is 6.19. The maximum absolute atomic E-state index is 13.2. The van der Waals surface area contributed by atoms with Crippen LogP contribution in [0.25, 0.3) is 32.9 Å². The molecule has 0 radical (unpaired) electrons. The Morgan fingerprint density at radius 2 is 1.90 bits per heavy atom. The highest BCUT2D eigenvalue weighted by atomic mass is 16.5. The number of aryl methyl sites for hydroxylation is 6. The summed E-state index contributed by atoms with van der Waals surface area (Å²) < 4.78 is 10.2. The van der Waals surface area contributed by atoms with Crippen LogP contribution in [0.3, 0.4) is 0 Å². The predicted octanol–water partition coefficient (Wildman–Crippen LogP) is 5.19. The number of nitrogens with one attached hydrogen (secondary N) is 2. The number of benzene rings is 3. The van der Waals surface area contributed by atoms with Gasteiger partial charge in [-0.05, 0) is 74.1 Å². The minimum absolute atomic E-state index is 0.0298. The molecule has 0 atom stereocenters. The molecule has 0 unspecified atom stereocenters. The van der Waals surface area contributed by atoms with Crippen LogP contribution in [0.2, 0.25) is 0 Å². The second-order valence-corrected chi connectivity index (χ2v) is 10.8. The molecule has 202 valence electrons. The van der Waals surface area contributed by atoms with Crippen molar-refractivity contribution in [1.29, 1.82) is 0 Å². The molecule has 2 amide bonds. The molecule has 0 spiro atoms. The molecule has 0 bridgehead atoms. The van der Waals surface area contributed by atoms with Crippen molar-refractivity contribution in [3.63, 3.8) is 0 Å². The maximum atomic E-state index is 13.2. The second-order valence-electron chi connectivity index (χ2n) is 10.8. The van der Waals surface area contributed by atoms with Gasteiger partial charge in [-0.1, -0.05) is 18.2 Å². The van der Waals surface area contributed by atoms with Gasteiger partial charge >= 0.3 is 0 Å². The lowest BCUT2D eigenvalue weighted by atomic mass is 9.82. The van der Waals surface area contributed by atoms with Gasteiger partial charge in [-0.2, -0.15) is 5.10 Å². The molecule has 0 saturated heterocycles. The Morgan fingerprint density at radius 1 is 1.10 bits per heavy atom. The highest BCUT2D eigenvalue weighted by Crippen LogP contribution is 2.47. The summed E-state index contributed by atoms with van der Waals surface area (Å²) in [5, 5.41) is 12.9. The van der Waals surface area contributed by atoms with Crippen LogP contribution in [0.1, 0.15) is 45.2 Å². The van der Waals surface area contributed by atoms with Gasteiger partial charge in [-0.15, -0.1) is 0 Å². The zero-order valence-electron chi connectivity index (χ0n) is 23.1. The molecule has 8 heteroatoms. The van der Waals surface area contributed by atoms with Gasteiger partial charge in [0.2, 0.25) is 0 Å². The standard InChI is InChI=1S/C32H31N5O3/c1-5-37-25-12-9-19(40-16-26(38)34-30-17(2)7-6-8-18(30)3)13-21(25)28-22-14-33-32(39)29(22)27-20(31(28)37)10-11-24-23(27)15-36(4)35-24/h6-9,12-13,15H,5,10-11,14,16H2,1-4H3,(H,33,39)(H,34,38). The second kappa shape index (κ2) is 8.98. The average Bonchev–Trinajstić information content (AvgIpc) is 3.61. The van der Waals surface area contributed by atoms with Crippen molar-refractivity contribution in [2.75, 3.05) is 11.9 Å². The molecular weight excluding hydrogens is 502 g/mol. The van der Waals surface area contributed by atoms with Crippen molar-refractivity contribution in [2.45, 2.75) is 46.7 Å². The number of ether oxygens (including phenoxy) is 1. The van der Waals surface area contributed by atoms with E-state index in [9.17, 15) is 9.59 Å². The third-order valence-corrected chi connectivity index (χ3v) is 8.35. The first-order valence-corrected chi connectivity index (χ1v) is 13.8. The monoisotopic (exact) mass is 533 g/mol. The summed E-state index contributed by atoms with van der Waals surface area (Å²) in [6.45, 7) is 7.30.